The lowest BCUT2D eigenvalue weighted by Crippen LogP contribution is -2.28. The first-order chi connectivity index (χ1) is 7.83. The Morgan fingerprint density at radius 2 is 2.00 bits per heavy atom. The molecule has 0 radical (unpaired) electrons. The van der Waals surface area contributed by atoms with Gasteiger partial charge in [-0.25, -0.2) is 0 Å². The van der Waals surface area contributed by atoms with Crippen LogP contribution in [0.3, 0.4) is 0 Å². The Morgan fingerprint density at radius 1 is 1.31 bits per heavy atom. The predicted molar refractivity (Wildman–Crippen MR) is 63.7 cm³/mol. The van der Waals surface area contributed by atoms with E-state index >= 15 is 0 Å². The van der Waals surface area contributed by atoms with E-state index in [2.05, 4.69) is 11.4 Å². The molecule has 3 rings (SSSR count). The van der Waals surface area contributed by atoms with Gasteiger partial charge in [-0.15, -0.1) is 0 Å². The van der Waals surface area contributed by atoms with Gasteiger partial charge in [0.25, 0.3) is 0 Å². The van der Waals surface area contributed by atoms with Crippen LogP contribution in [0.1, 0.15) is 32.6 Å². The van der Waals surface area contributed by atoms with Crippen LogP contribution in [0.4, 0.5) is 0 Å². The number of fused-ring (bicyclic) bond motifs is 5. The molecule has 0 saturated heterocycles. The Balaban J connectivity index is 1.48. The van der Waals surface area contributed by atoms with Crippen LogP contribution in [-0.4, -0.2) is 12.5 Å². The molecule has 0 heterocycles. The Labute approximate surface area is 97.5 Å². The topological polar surface area (TPSA) is 29.1 Å². The van der Waals surface area contributed by atoms with Gasteiger partial charge < -0.3 is 5.32 Å². The van der Waals surface area contributed by atoms with E-state index in [1.807, 2.05) is 13.0 Å². The molecule has 2 bridgehead atoms. The lowest BCUT2D eigenvalue weighted by atomic mass is 10.0. The number of carbonyl (C=O) groups excluding carboxylic acids is 1. The highest BCUT2D eigenvalue weighted by Crippen LogP contribution is 2.69. The first kappa shape index (κ1) is 10.4. The second kappa shape index (κ2) is 3.90. The summed E-state index contributed by atoms with van der Waals surface area (Å²) in [6.07, 6.45) is 9.34. The van der Waals surface area contributed by atoms with E-state index in [0.717, 1.165) is 36.6 Å². The minimum Gasteiger partial charge on any atom is -0.356 e. The summed E-state index contributed by atoms with van der Waals surface area (Å²) in [5.41, 5.74) is 0. The van der Waals surface area contributed by atoms with Crippen LogP contribution in [0.5, 0.6) is 0 Å². The van der Waals surface area contributed by atoms with Crippen LogP contribution in [0, 0.1) is 29.6 Å². The second-order valence-corrected chi connectivity index (χ2v) is 5.66. The molecule has 1 amide bonds. The fourth-order valence-electron chi connectivity index (χ4n) is 4.24. The Bertz CT molecular complexity index is 307. The molecular weight excluding hydrogens is 198 g/mol. The number of amides is 1. The Morgan fingerprint density at radius 3 is 2.62 bits per heavy atom. The third kappa shape index (κ3) is 1.50. The lowest BCUT2D eigenvalue weighted by molar-refractivity contribution is -0.123. The average Bonchev–Trinajstić information content (AvgIpc) is 2.74. The summed E-state index contributed by atoms with van der Waals surface area (Å²) in [4.78, 5) is 12.0. The normalized spacial score (nSPS) is 43.7. The van der Waals surface area contributed by atoms with Crippen molar-refractivity contribution in [1.82, 2.24) is 5.32 Å². The Kier molecular flexibility index (Phi) is 2.53. The summed E-state index contributed by atoms with van der Waals surface area (Å²) >= 11 is 0. The van der Waals surface area contributed by atoms with Crippen molar-refractivity contribution < 1.29 is 4.79 Å². The minimum absolute atomic E-state index is 0.344. The highest BCUT2D eigenvalue weighted by molar-refractivity contribution is 5.82. The van der Waals surface area contributed by atoms with Crippen LogP contribution < -0.4 is 5.32 Å². The van der Waals surface area contributed by atoms with Gasteiger partial charge in [-0.1, -0.05) is 12.2 Å². The van der Waals surface area contributed by atoms with Gasteiger partial charge in [-0.3, -0.25) is 4.79 Å². The predicted octanol–water partition coefficient (Wildman–Crippen LogP) is 2.36. The van der Waals surface area contributed by atoms with Gasteiger partial charge >= 0.3 is 0 Å². The van der Waals surface area contributed by atoms with Crippen molar-refractivity contribution in [3.63, 3.8) is 0 Å². The average molecular weight is 219 g/mol. The molecule has 0 spiro atoms. The maximum absolute atomic E-state index is 12.0. The molecule has 0 aliphatic heterocycles. The van der Waals surface area contributed by atoms with Crippen molar-refractivity contribution >= 4 is 5.91 Å². The zero-order valence-corrected chi connectivity index (χ0v) is 9.99. The summed E-state index contributed by atoms with van der Waals surface area (Å²) in [7, 11) is 0. The maximum atomic E-state index is 12.0. The summed E-state index contributed by atoms with van der Waals surface area (Å²) in [6, 6.07) is 0. The van der Waals surface area contributed by atoms with E-state index in [1.54, 1.807) is 0 Å². The maximum Gasteiger partial charge on any atom is 0.223 e. The molecule has 88 valence electrons. The van der Waals surface area contributed by atoms with Gasteiger partial charge in [0.1, 0.15) is 0 Å². The highest BCUT2D eigenvalue weighted by Gasteiger charge is 2.67. The van der Waals surface area contributed by atoms with Crippen molar-refractivity contribution in [1.29, 1.82) is 0 Å². The zero-order valence-electron chi connectivity index (χ0n) is 9.99. The third-order valence-electron chi connectivity index (χ3n) is 4.88. The van der Waals surface area contributed by atoms with Crippen molar-refractivity contribution in [3.8, 4) is 0 Å². The fraction of sp³-hybridized carbons (Fsp3) is 0.786. The van der Waals surface area contributed by atoms with E-state index in [0.29, 0.717) is 11.8 Å². The molecular formula is C14H21NO. The van der Waals surface area contributed by atoms with E-state index < -0.39 is 0 Å². The van der Waals surface area contributed by atoms with E-state index in [-0.39, 0.29) is 0 Å². The number of hydrogen-bond donors (Lipinski definition) is 1. The van der Waals surface area contributed by atoms with Crippen molar-refractivity contribution in [2.24, 2.45) is 29.6 Å². The summed E-state index contributed by atoms with van der Waals surface area (Å²) in [6.45, 7) is 2.83. The molecule has 2 nitrogen and oxygen atoms in total. The molecule has 3 aliphatic carbocycles. The van der Waals surface area contributed by atoms with Crippen LogP contribution in [0.25, 0.3) is 0 Å². The van der Waals surface area contributed by atoms with Gasteiger partial charge in [0.15, 0.2) is 0 Å². The fourth-order valence-corrected chi connectivity index (χ4v) is 4.24. The number of allylic oxidation sites excluding steroid dienone is 1. The highest BCUT2D eigenvalue weighted by atomic mass is 16.2. The molecule has 0 aromatic rings. The molecule has 2 heteroatoms. The van der Waals surface area contributed by atoms with E-state index in [1.165, 1.54) is 19.3 Å². The van der Waals surface area contributed by atoms with Crippen molar-refractivity contribution in [2.45, 2.75) is 32.6 Å². The molecule has 0 aromatic carbocycles. The molecule has 4 unspecified atom stereocenters. The van der Waals surface area contributed by atoms with Gasteiger partial charge in [0.05, 0.1) is 0 Å². The molecule has 1 N–H and O–H groups in total. The smallest absolute Gasteiger partial charge is 0.223 e. The van der Waals surface area contributed by atoms with Crippen molar-refractivity contribution in [2.75, 3.05) is 6.54 Å². The second-order valence-electron chi connectivity index (χ2n) is 5.66. The Hall–Kier alpha value is -0.790. The first-order valence-electron chi connectivity index (χ1n) is 6.71. The summed E-state index contributed by atoms with van der Waals surface area (Å²) < 4.78 is 0. The van der Waals surface area contributed by atoms with Crippen LogP contribution >= 0.6 is 0 Å². The zero-order chi connectivity index (χ0) is 11.1. The standard InChI is InChI=1S/C14H21NO/c1-2-3-4-7-15-14(16)13-11-9-5-6-10(8-9)12(11)13/h2-3,9-13H,4-8H2,1H3,(H,15,16)/b3-2+. The minimum atomic E-state index is 0.344. The largest absolute Gasteiger partial charge is 0.356 e. The SMILES string of the molecule is C/C=C/CCNC(=O)C1C2C3CCC(C3)C12. The molecule has 4 atom stereocenters. The number of carbonyl (C=O) groups is 1. The van der Waals surface area contributed by atoms with Gasteiger partial charge in [-0.2, -0.15) is 0 Å². The molecule has 3 saturated carbocycles. The van der Waals surface area contributed by atoms with Crippen LogP contribution in [0.2, 0.25) is 0 Å². The monoisotopic (exact) mass is 219 g/mol. The van der Waals surface area contributed by atoms with E-state index in [4.69, 9.17) is 0 Å². The van der Waals surface area contributed by atoms with E-state index in [9.17, 15) is 4.79 Å². The number of nitrogens with one attached hydrogen (secondary N) is 1. The van der Waals surface area contributed by atoms with Crippen molar-refractivity contribution in [3.05, 3.63) is 12.2 Å². The lowest BCUT2D eigenvalue weighted by Gasteiger charge is -2.08. The first-order valence-corrected chi connectivity index (χ1v) is 6.71. The van der Waals surface area contributed by atoms with Gasteiger partial charge in [0, 0.05) is 12.5 Å². The van der Waals surface area contributed by atoms with Gasteiger partial charge in [-0.05, 0) is 56.3 Å². The quantitative estimate of drug-likeness (QED) is 0.571. The third-order valence-corrected chi connectivity index (χ3v) is 4.88. The summed E-state index contributed by atoms with van der Waals surface area (Å²) in [5.74, 6) is 4.11. The molecule has 0 aromatic heterocycles. The van der Waals surface area contributed by atoms with Gasteiger partial charge in [0.2, 0.25) is 5.91 Å². The summed E-state index contributed by atoms with van der Waals surface area (Å²) in [5, 5.41) is 3.09. The molecule has 3 aliphatic rings. The number of rotatable bonds is 4. The molecule has 16 heavy (non-hydrogen) atoms. The van der Waals surface area contributed by atoms with Crippen LogP contribution in [-0.2, 0) is 4.79 Å². The number of hydrogen-bond acceptors (Lipinski definition) is 1. The van der Waals surface area contributed by atoms with Crippen LogP contribution in [0.15, 0.2) is 12.2 Å². The molecule has 3 fully saturated rings.